The van der Waals surface area contributed by atoms with Gasteiger partial charge in [0.25, 0.3) is 0 Å². The molecule has 1 aromatic heterocycles. The maximum absolute atomic E-state index is 5.88. The smallest absolute Gasteiger partial charge is 0.130 e. The Bertz CT molecular complexity index is 442. The molecule has 3 nitrogen and oxygen atoms in total. The summed E-state index contributed by atoms with van der Waals surface area (Å²) in [6, 6.07) is 5.89. The van der Waals surface area contributed by atoms with Crippen LogP contribution in [0, 0.1) is 6.92 Å². The first-order valence-corrected chi connectivity index (χ1v) is 5.67. The summed E-state index contributed by atoms with van der Waals surface area (Å²) in [5.41, 5.74) is 2.42. The van der Waals surface area contributed by atoms with Crippen molar-refractivity contribution in [1.29, 1.82) is 0 Å². The van der Waals surface area contributed by atoms with Gasteiger partial charge in [0, 0.05) is 23.1 Å². The Morgan fingerprint density at radius 1 is 1.47 bits per heavy atom. The third kappa shape index (κ3) is 2.67. The SMILES string of the molecule is Cc1cc(Cl)ccc1CNc1cnns1. The molecule has 0 aliphatic carbocycles. The van der Waals surface area contributed by atoms with Gasteiger partial charge in [-0.2, -0.15) is 0 Å². The Kier molecular flexibility index (Phi) is 3.18. The van der Waals surface area contributed by atoms with E-state index in [1.165, 1.54) is 22.7 Å². The highest BCUT2D eigenvalue weighted by atomic mass is 35.5. The number of benzene rings is 1. The number of anilines is 1. The van der Waals surface area contributed by atoms with E-state index in [4.69, 9.17) is 11.6 Å². The molecule has 0 aliphatic rings. The molecule has 0 radical (unpaired) electrons. The minimum absolute atomic E-state index is 0.771. The Balaban J connectivity index is 2.05. The number of aromatic nitrogens is 2. The maximum atomic E-state index is 5.88. The molecule has 0 saturated heterocycles. The predicted molar refractivity (Wildman–Crippen MR) is 63.4 cm³/mol. The van der Waals surface area contributed by atoms with Gasteiger partial charge in [-0.15, -0.1) is 5.10 Å². The molecule has 1 heterocycles. The van der Waals surface area contributed by atoms with Crippen LogP contribution in [0.1, 0.15) is 11.1 Å². The van der Waals surface area contributed by atoms with Crippen LogP contribution in [0.15, 0.2) is 24.4 Å². The van der Waals surface area contributed by atoms with Crippen molar-refractivity contribution in [1.82, 2.24) is 9.59 Å². The molecule has 15 heavy (non-hydrogen) atoms. The summed E-state index contributed by atoms with van der Waals surface area (Å²) in [4.78, 5) is 0. The molecule has 1 aromatic carbocycles. The average Bonchev–Trinajstić information content (AvgIpc) is 2.69. The van der Waals surface area contributed by atoms with Gasteiger partial charge in [-0.05, 0) is 30.2 Å². The van der Waals surface area contributed by atoms with Gasteiger partial charge in [0.2, 0.25) is 0 Å². The van der Waals surface area contributed by atoms with Crippen molar-refractivity contribution >= 4 is 28.1 Å². The third-order valence-electron chi connectivity index (χ3n) is 2.12. The second-order valence-electron chi connectivity index (χ2n) is 3.21. The summed E-state index contributed by atoms with van der Waals surface area (Å²) in [7, 11) is 0. The minimum atomic E-state index is 0.771. The van der Waals surface area contributed by atoms with E-state index in [1.54, 1.807) is 6.20 Å². The topological polar surface area (TPSA) is 37.8 Å². The van der Waals surface area contributed by atoms with E-state index in [9.17, 15) is 0 Å². The predicted octanol–water partition coefficient (Wildman–Crippen LogP) is 3.11. The highest BCUT2D eigenvalue weighted by Gasteiger charge is 2.00. The van der Waals surface area contributed by atoms with E-state index >= 15 is 0 Å². The molecule has 2 aromatic rings. The van der Waals surface area contributed by atoms with Gasteiger partial charge >= 0.3 is 0 Å². The first-order chi connectivity index (χ1) is 7.25. The molecule has 0 aliphatic heterocycles. The lowest BCUT2D eigenvalue weighted by Gasteiger charge is -2.06. The molecule has 0 spiro atoms. The van der Waals surface area contributed by atoms with Crippen LogP contribution in [0.5, 0.6) is 0 Å². The molecule has 0 atom stereocenters. The number of nitrogens with one attached hydrogen (secondary N) is 1. The van der Waals surface area contributed by atoms with Crippen molar-refractivity contribution in [3.05, 3.63) is 40.5 Å². The number of aryl methyl sites for hydroxylation is 1. The van der Waals surface area contributed by atoms with Crippen molar-refractivity contribution in [3.63, 3.8) is 0 Å². The van der Waals surface area contributed by atoms with Gasteiger partial charge in [0.05, 0.1) is 6.20 Å². The minimum Gasteiger partial charge on any atom is -0.370 e. The molecule has 1 N–H and O–H groups in total. The standard InChI is InChI=1S/C10H10ClN3S/c1-7-4-9(11)3-2-8(7)5-12-10-6-13-14-15-10/h2-4,6,12H,5H2,1H3. The fourth-order valence-electron chi connectivity index (χ4n) is 1.29. The molecule has 0 fully saturated rings. The Morgan fingerprint density at radius 2 is 2.33 bits per heavy atom. The summed E-state index contributed by atoms with van der Waals surface area (Å²) in [6.07, 6.45) is 1.72. The van der Waals surface area contributed by atoms with E-state index in [2.05, 4.69) is 14.9 Å². The maximum Gasteiger partial charge on any atom is 0.130 e. The molecule has 5 heteroatoms. The molecular formula is C10H10ClN3S. The Hall–Kier alpha value is -1.13. The lowest BCUT2D eigenvalue weighted by molar-refractivity contribution is 1.12. The van der Waals surface area contributed by atoms with Gasteiger partial charge in [0.15, 0.2) is 0 Å². The largest absolute Gasteiger partial charge is 0.370 e. The van der Waals surface area contributed by atoms with Gasteiger partial charge in [0.1, 0.15) is 5.00 Å². The molecule has 0 unspecified atom stereocenters. The Morgan fingerprint density at radius 3 is 3.00 bits per heavy atom. The quantitative estimate of drug-likeness (QED) is 0.895. The zero-order valence-corrected chi connectivity index (χ0v) is 9.77. The summed E-state index contributed by atoms with van der Waals surface area (Å²) >= 11 is 7.23. The number of rotatable bonds is 3. The van der Waals surface area contributed by atoms with Crippen LogP contribution in [-0.4, -0.2) is 9.59 Å². The number of nitrogens with zero attached hydrogens (tertiary/aromatic N) is 2. The van der Waals surface area contributed by atoms with E-state index < -0.39 is 0 Å². The van der Waals surface area contributed by atoms with Crippen molar-refractivity contribution < 1.29 is 0 Å². The van der Waals surface area contributed by atoms with Crippen LogP contribution < -0.4 is 5.32 Å². The summed E-state index contributed by atoms with van der Waals surface area (Å²) in [5, 5.41) is 8.76. The highest BCUT2D eigenvalue weighted by molar-refractivity contribution is 7.09. The normalized spacial score (nSPS) is 10.3. The fourth-order valence-corrected chi connectivity index (χ4v) is 1.92. The number of halogens is 1. The van der Waals surface area contributed by atoms with Gasteiger partial charge in [-0.3, -0.25) is 0 Å². The highest BCUT2D eigenvalue weighted by Crippen LogP contribution is 2.17. The number of hydrogen-bond acceptors (Lipinski definition) is 4. The average molecular weight is 240 g/mol. The van der Waals surface area contributed by atoms with Crippen molar-refractivity contribution in [2.45, 2.75) is 13.5 Å². The van der Waals surface area contributed by atoms with Crippen LogP contribution in [-0.2, 0) is 6.54 Å². The van der Waals surface area contributed by atoms with Crippen LogP contribution in [0.2, 0.25) is 5.02 Å². The summed E-state index contributed by atoms with van der Waals surface area (Å²) < 4.78 is 3.78. The van der Waals surface area contributed by atoms with Crippen molar-refractivity contribution in [3.8, 4) is 0 Å². The van der Waals surface area contributed by atoms with Crippen LogP contribution in [0.4, 0.5) is 5.00 Å². The summed E-state index contributed by atoms with van der Waals surface area (Å²) in [5.74, 6) is 0. The van der Waals surface area contributed by atoms with Crippen LogP contribution in [0.25, 0.3) is 0 Å². The molecule has 0 bridgehead atoms. The first kappa shape index (κ1) is 10.4. The van der Waals surface area contributed by atoms with Gasteiger partial charge in [-0.25, -0.2) is 0 Å². The second kappa shape index (κ2) is 4.59. The Labute approximate surface area is 97.3 Å². The molecule has 78 valence electrons. The zero-order valence-electron chi connectivity index (χ0n) is 8.20. The van der Waals surface area contributed by atoms with Crippen LogP contribution >= 0.6 is 23.1 Å². The van der Waals surface area contributed by atoms with Gasteiger partial charge < -0.3 is 5.32 Å². The lowest BCUT2D eigenvalue weighted by atomic mass is 10.1. The fraction of sp³-hybridized carbons (Fsp3) is 0.200. The lowest BCUT2D eigenvalue weighted by Crippen LogP contribution is -1.99. The third-order valence-corrected chi connectivity index (χ3v) is 2.98. The molecule has 2 rings (SSSR count). The summed E-state index contributed by atoms with van der Waals surface area (Å²) in [6.45, 7) is 2.82. The van der Waals surface area contributed by atoms with Gasteiger partial charge in [-0.1, -0.05) is 22.2 Å². The van der Waals surface area contributed by atoms with E-state index in [0.29, 0.717) is 0 Å². The van der Waals surface area contributed by atoms with Crippen molar-refractivity contribution in [2.24, 2.45) is 0 Å². The molecule has 0 amide bonds. The van der Waals surface area contributed by atoms with E-state index in [0.717, 1.165) is 16.6 Å². The zero-order chi connectivity index (χ0) is 10.7. The molecule has 0 saturated carbocycles. The first-order valence-electron chi connectivity index (χ1n) is 4.52. The van der Waals surface area contributed by atoms with Crippen molar-refractivity contribution in [2.75, 3.05) is 5.32 Å². The van der Waals surface area contributed by atoms with E-state index in [1.807, 2.05) is 25.1 Å². The second-order valence-corrected chi connectivity index (χ2v) is 4.43. The monoisotopic (exact) mass is 239 g/mol. The molecular weight excluding hydrogens is 230 g/mol. The number of hydrogen-bond donors (Lipinski definition) is 1. The van der Waals surface area contributed by atoms with E-state index in [-0.39, 0.29) is 0 Å². The van der Waals surface area contributed by atoms with Crippen LogP contribution in [0.3, 0.4) is 0 Å².